The molecule has 1 saturated heterocycles. The van der Waals surface area contributed by atoms with Crippen LogP contribution in [-0.2, 0) is 9.84 Å². The Morgan fingerprint density at radius 2 is 2.12 bits per heavy atom. The normalized spacial score (nSPS) is 23.7. The van der Waals surface area contributed by atoms with E-state index in [2.05, 4.69) is 9.97 Å². The highest BCUT2D eigenvalue weighted by atomic mass is 32.2. The average Bonchev–Trinajstić information content (AvgIpc) is 2.26. The fraction of sp³-hybridized carbons (Fsp3) is 0.636. The van der Waals surface area contributed by atoms with Crippen LogP contribution in [0.2, 0.25) is 0 Å². The number of hydrogen-bond acceptors (Lipinski definition) is 5. The van der Waals surface area contributed by atoms with Crippen molar-refractivity contribution in [3.63, 3.8) is 0 Å². The first-order valence-corrected chi connectivity index (χ1v) is 7.38. The number of nitrogens with zero attached hydrogens (tertiary/aromatic N) is 3. The molecule has 0 N–H and O–H groups in total. The molecule has 1 atom stereocenters. The lowest BCUT2D eigenvalue weighted by Gasteiger charge is -2.32. The summed E-state index contributed by atoms with van der Waals surface area (Å²) in [6.07, 6.45) is 1.73. The van der Waals surface area contributed by atoms with E-state index in [0.29, 0.717) is 13.1 Å². The molecule has 2 heterocycles. The number of hydrogen-bond donors (Lipinski definition) is 0. The number of sulfone groups is 1. The molecule has 2 rings (SSSR count). The molecule has 5 nitrogen and oxygen atoms in total. The maximum absolute atomic E-state index is 11.6. The molecule has 1 aliphatic heterocycles. The zero-order valence-corrected chi connectivity index (χ0v) is 11.2. The van der Waals surface area contributed by atoms with Gasteiger partial charge in [-0.3, -0.25) is 4.98 Å². The van der Waals surface area contributed by atoms with Crippen molar-refractivity contribution in [2.24, 2.45) is 0 Å². The second-order valence-electron chi connectivity index (χ2n) is 4.54. The number of rotatable bonds is 1. The van der Waals surface area contributed by atoms with Crippen molar-refractivity contribution in [1.82, 2.24) is 9.97 Å². The lowest BCUT2D eigenvalue weighted by atomic mass is 10.3. The molecule has 1 aliphatic rings. The second kappa shape index (κ2) is 4.25. The highest BCUT2D eigenvalue weighted by Crippen LogP contribution is 2.20. The largest absolute Gasteiger partial charge is 0.353 e. The highest BCUT2D eigenvalue weighted by molar-refractivity contribution is 7.92. The summed E-state index contributed by atoms with van der Waals surface area (Å²) in [5.74, 6) is 1.01. The van der Waals surface area contributed by atoms with Crippen molar-refractivity contribution in [3.05, 3.63) is 17.6 Å². The Kier molecular flexibility index (Phi) is 3.07. The summed E-state index contributed by atoms with van der Waals surface area (Å²) in [5, 5.41) is -0.335. The standard InChI is InChI=1S/C11H17N3O2S/c1-8-6-12-10(3)11(13-8)14-4-5-17(15,16)9(2)7-14/h6,9H,4-5,7H2,1-3H3. The van der Waals surface area contributed by atoms with E-state index in [-0.39, 0.29) is 11.0 Å². The average molecular weight is 255 g/mol. The minimum absolute atomic E-state index is 0.198. The van der Waals surface area contributed by atoms with Crippen molar-refractivity contribution >= 4 is 15.7 Å². The van der Waals surface area contributed by atoms with Crippen LogP contribution in [0, 0.1) is 13.8 Å². The van der Waals surface area contributed by atoms with E-state index in [1.807, 2.05) is 18.7 Å². The van der Waals surface area contributed by atoms with Crippen LogP contribution in [0.15, 0.2) is 6.20 Å². The van der Waals surface area contributed by atoms with Gasteiger partial charge < -0.3 is 4.90 Å². The molecular weight excluding hydrogens is 238 g/mol. The van der Waals surface area contributed by atoms with Crippen molar-refractivity contribution in [2.45, 2.75) is 26.0 Å². The number of anilines is 1. The highest BCUT2D eigenvalue weighted by Gasteiger charge is 2.30. The summed E-state index contributed by atoms with van der Waals surface area (Å²) in [6.45, 7) is 6.54. The van der Waals surface area contributed by atoms with Gasteiger partial charge in [0.15, 0.2) is 9.84 Å². The third-order valence-corrected chi connectivity index (χ3v) is 5.21. The maximum Gasteiger partial charge on any atom is 0.156 e. The van der Waals surface area contributed by atoms with Gasteiger partial charge in [-0.05, 0) is 20.8 Å². The van der Waals surface area contributed by atoms with E-state index in [0.717, 1.165) is 17.2 Å². The molecule has 1 aromatic heterocycles. The zero-order chi connectivity index (χ0) is 12.6. The fourth-order valence-electron chi connectivity index (χ4n) is 1.97. The summed E-state index contributed by atoms with van der Waals surface area (Å²) in [6, 6.07) is 0. The molecule has 1 aromatic rings. The molecule has 6 heteroatoms. The van der Waals surface area contributed by atoms with Crippen molar-refractivity contribution in [1.29, 1.82) is 0 Å². The summed E-state index contributed by atoms with van der Waals surface area (Å²) >= 11 is 0. The van der Waals surface area contributed by atoms with Crippen molar-refractivity contribution in [3.8, 4) is 0 Å². The molecule has 0 aliphatic carbocycles. The number of aryl methyl sites for hydroxylation is 2. The van der Waals surface area contributed by atoms with Gasteiger partial charge in [-0.25, -0.2) is 13.4 Å². The van der Waals surface area contributed by atoms with Gasteiger partial charge >= 0.3 is 0 Å². The monoisotopic (exact) mass is 255 g/mol. The molecule has 94 valence electrons. The van der Waals surface area contributed by atoms with Crippen LogP contribution in [0.1, 0.15) is 18.3 Å². The zero-order valence-electron chi connectivity index (χ0n) is 10.3. The molecule has 1 unspecified atom stereocenters. The van der Waals surface area contributed by atoms with Gasteiger partial charge in [-0.2, -0.15) is 0 Å². The Morgan fingerprint density at radius 3 is 2.76 bits per heavy atom. The van der Waals surface area contributed by atoms with Crippen LogP contribution >= 0.6 is 0 Å². The van der Waals surface area contributed by atoms with Crippen LogP contribution in [0.25, 0.3) is 0 Å². The van der Waals surface area contributed by atoms with Crippen LogP contribution in [0.4, 0.5) is 5.82 Å². The molecule has 1 fully saturated rings. The third kappa shape index (κ3) is 2.41. The van der Waals surface area contributed by atoms with E-state index >= 15 is 0 Å². The van der Waals surface area contributed by atoms with Gasteiger partial charge in [0.1, 0.15) is 5.82 Å². The number of aromatic nitrogens is 2. The van der Waals surface area contributed by atoms with Gasteiger partial charge in [0, 0.05) is 19.3 Å². The van der Waals surface area contributed by atoms with Gasteiger partial charge in [0.2, 0.25) is 0 Å². The van der Waals surface area contributed by atoms with Crippen LogP contribution in [-0.4, -0.2) is 42.5 Å². The second-order valence-corrected chi connectivity index (χ2v) is 7.08. The molecule has 0 bridgehead atoms. The summed E-state index contributed by atoms with van der Waals surface area (Å²) in [5.41, 5.74) is 1.70. The molecule has 17 heavy (non-hydrogen) atoms. The summed E-state index contributed by atoms with van der Waals surface area (Å²) < 4.78 is 23.3. The fourth-order valence-corrected chi connectivity index (χ4v) is 3.25. The Bertz CT molecular complexity index is 528. The van der Waals surface area contributed by atoms with E-state index in [1.54, 1.807) is 13.1 Å². The first-order chi connectivity index (χ1) is 7.90. The molecule has 0 amide bonds. The topological polar surface area (TPSA) is 63.2 Å². The molecular formula is C11H17N3O2S. The first-order valence-electron chi connectivity index (χ1n) is 5.67. The van der Waals surface area contributed by atoms with Gasteiger partial charge in [-0.15, -0.1) is 0 Å². The van der Waals surface area contributed by atoms with Gasteiger partial charge in [0.25, 0.3) is 0 Å². The maximum atomic E-state index is 11.6. The minimum Gasteiger partial charge on any atom is -0.353 e. The summed E-state index contributed by atoms with van der Waals surface area (Å²) in [7, 11) is -2.92. The van der Waals surface area contributed by atoms with Gasteiger partial charge in [0.05, 0.1) is 22.4 Å². The van der Waals surface area contributed by atoms with Crippen LogP contribution in [0.3, 0.4) is 0 Å². The Morgan fingerprint density at radius 1 is 1.41 bits per heavy atom. The van der Waals surface area contributed by atoms with E-state index in [9.17, 15) is 8.42 Å². The third-order valence-electron chi connectivity index (χ3n) is 3.09. The lowest BCUT2D eigenvalue weighted by Crippen LogP contribution is -2.46. The van der Waals surface area contributed by atoms with E-state index in [4.69, 9.17) is 0 Å². The Labute approximate surface area is 102 Å². The smallest absolute Gasteiger partial charge is 0.156 e. The predicted octanol–water partition coefficient (Wildman–Crippen LogP) is 0.717. The summed E-state index contributed by atoms with van der Waals surface area (Å²) in [4.78, 5) is 10.7. The first kappa shape index (κ1) is 12.3. The minimum atomic E-state index is -2.92. The predicted molar refractivity (Wildman–Crippen MR) is 67.0 cm³/mol. The van der Waals surface area contributed by atoms with E-state index in [1.165, 1.54) is 0 Å². The van der Waals surface area contributed by atoms with Gasteiger partial charge in [-0.1, -0.05) is 0 Å². The quantitative estimate of drug-likeness (QED) is 0.740. The van der Waals surface area contributed by atoms with Crippen LogP contribution < -0.4 is 4.90 Å². The molecule has 0 aromatic carbocycles. The Balaban J connectivity index is 2.28. The van der Waals surface area contributed by atoms with Crippen LogP contribution in [0.5, 0.6) is 0 Å². The Hall–Kier alpha value is -1.17. The lowest BCUT2D eigenvalue weighted by molar-refractivity contribution is 0.568. The van der Waals surface area contributed by atoms with Crippen molar-refractivity contribution < 1.29 is 8.42 Å². The SMILES string of the molecule is Cc1cnc(C)c(N2CCS(=O)(=O)C(C)C2)n1. The van der Waals surface area contributed by atoms with E-state index < -0.39 is 9.84 Å². The van der Waals surface area contributed by atoms with Crippen molar-refractivity contribution in [2.75, 3.05) is 23.7 Å². The molecule has 0 radical (unpaired) electrons. The molecule has 0 spiro atoms. The molecule has 0 saturated carbocycles.